The van der Waals surface area contributed by atoms with E-state index in [-0.39, 0.29) is 23.9 Å². The third kappa shape index (κ3) is 2.90. The van der Waals surface area contributed by atoms with Gasteiger partial charge in [0.2, 0.25) is 11.8 Å². The summed E-state index contributed by atoms with van der Waals surface area (Å²) in [6.45, 7) is 2.11. The van der Waals surface area contributed by atoms with Crippen LogP contribution in [0.5, 0.6) is 0 Å². The van der Waals surface area contributed by atoms with Gasteiger partial charge in [0.1, 0.15) is 0 Å². The molecule has 0 bridgehead atoms. The Kier molecular flexibility index (Phi) is 4.13. The van der Waals surface area contributed by atoms with E-state index in [0.717, 1.165) is 0 Å². The molecular weight excluding hydrogens is 284 g/mol. The molecule has 1 aliphatic carbocycles. The van der Waals surface area contributed by atoms with E-state index in [9.17, 15) is 9.59 Å². The first-order valence-electron chi connectivity index (χ1n) is 7.74. The van der Waals surface area contributed by atoms with Crippen molar-refractivity contribution in [3.63, 3.8) is 0 Å². The Morgan fingerprint density at radius 1 is 1.29 bits per heavy atom. The summed E-state index contributed by atoms with van der Waals surface area (Å²) in [5, 5.41) is 3.41. The van der Waals surface area contributed by atoms with Gasteiger partial charge in [-0.2, -0.15) is 0 Å². The summed E-state index contributed by atoms with van der Waals surface area (Å²) in [5.41, 5.74) is 1.50. The summed E-state index contributed by atoms with van der Waals surface area (Å²) >= 11 is 1.88. The molecule has 2 atom stereocenters. The Balaban J connectivity index is 1.68. The lowest BCUT2D eigenvalue weighted by molar-refractivity contribution is -0.148. The normalized spacial score (nSPS) is 24.1. The molecule has 4 nitrogen and oxygen atoms in total. The fourth-order valence-electron chi connectivity index (χ4n) is 3.18. The van der Waals surface area contributed by atoms with Gasteiger partial charge in [-0.15, -0.1) is 11.3 Å². The summed E-state index contributed by atoms with van der Waals surface area (Å²) < 4.78 is 0. The Bertz CT molecular complexity index is 543. The zero-order chi connectivity index (χ0) is 15.0. The van der Waals surface area contributed by atoms with E-state index in [1.165, 1.54) is 45.9 Å². The van der Waals surface area contributed by atoms with Gasteiger partial charge in [-0.3, -0.25) is 19.8 Å². The van der Waals surface area contributed by atoms with E-state index in [2.05, 4.69) is 18.3 Å². The van der Waals surface area contributed by atoms with E-state index >= 15 is 0 Å². The standard InChI is InChI=1S/C16H22N2O2S/c1-10(14-9-11-5-3-4-6-13(11)21-14)17-12-7-8-15(19)18(2)16(12)20/h9-10,12,17H,3-8H2,1-2H3. The molecule has 2 unspecified atom stereocenters. The molecule has 3 rings (SSSR count). The van der Waals surface area contributed by atoms with Crippen LogP contribution in [0.15, 0.2) is 6.07 Å². The number of carbonyl (C=O) groups excluding carboxylic acids is 2. The molecule has 1 saturated heterocycles. The number of likely N-dealkylation sites (tertiary alicyclic amines) is 1. The van der Waals surface area contributed by atoms with Crippen LogP contribution in [0.4, 0.5) is 0 Å². The zero-order valence-corrected chi connectivity index (χ0v) is 13.5. The van der Waals surface area contributed by atoms with Crippen molar-refractivity contribution in [1.82, 2.24) is 10.2 Å². The number of imide groups is 1. The number of nitrogens with one attached hydrogen (secondary N) is 1. The average Bonchev–Trinajstić information content (AvgIpc) is 2.92. The second-order valence-electron chi connectivity index (χ2n) is 6.07. The van der Waals surface area contributed by atoms with Crippen molar-refractivity contribution in [1.29, 1.82) is 0 Å². The third-order valence-corrected chi connectivity index (χ3v) is 5.96. The summed E-state index contributed by atoms with van der Waals surface area (Å²) in [5.74, 6) is -0.170. The van der Waals surface area contributed by atoms with Crippen molar-refractivity contribution in [2.24, 2.45) is 0 Å². The molecule has 0 spiro atoms. The minimum atomic E-state index is -0.234. The molecule has 1 fully saturated rings. The van der Waals surface area contributed by atoms with Crippen LogP contribution in [-0.4, -0.2) is 29.8 Å². The minimum absolute atomic E-state index is 0.0720. The number of likely N-dealkylation sites (N-methyl/N-ethyl adjacent to an activating group) is 1. The van der Waals surface area contributed by atoms with Gasteiger partial charge in [0.25, 0.3) is 0 Å². The first-order chi connectivity index (χ1) is 10.1. The van der Waals surface area contributed by atoms with Crippen LogP contribution in [0.1, 0.15) is 54.0 Å². The first kappa shape index (κ1) is 14.7. The predicted molar refractivity (Wildman–Crippen MR) is 83.3 cm³/mol. The van der Waals surface area contributed by atoms with Gasteiger partial charge in [0, 0.05) is 29.3 Å². The van der Waals surface area contributed by atoms with Gasteiger partial charge in [-0.25, -0.2) is 0 Å². The molecule has 0 aromatic carbocycles. The van der Waals surface area contributed by atoms with E-state index in [0.29, 0.717) is 12.8 Å². The summed E-state index contributed by atoms with van der Waals surface area (Å²) in [6, 6.07) is 2.23. The molecule has 1 aliphatic heterocycles. The number of thiophene rings is 1. The maximum absolute atomic E-state index is 12.1. The molecule has 114 valence electrons. The maximum atomic E-state index is 12.1. The molecule has 2 aliphatic rings. The van der Waals surface area contributed by atoms with Gasteiger partial charge < -0.3 is 0 Å². The molecule has 0 saturated carbocycles. The topological polar surface area (TPSA) is 49.4 Å². The summed E-state index contributed by atoms with van der Waals surface area (Å²) in [4.78, 5) is 27.8. The lowest BCUT2D eigenvalue weighted by Gasteiger charge is -2.30. The second kappa shape index (κ2) is 5.89. The second-order valence-corrected chi connectivity index (χ2v) is 7.24. The SMILES string of the molecule is CC(NC1CCC(=O)N(C)C1=O)c1cc2c(s1)CCCC2. The number of carbonyl (C=O) groups is 2. The monoisotopic (exact) mass is 306 g/mol. The smallest absolute Gasteiger partial charge is 0.246 e. The predicted octanol–water partition coefficient (Wildman–Crippen LogP) is 2.42. The molecule has 21 heavy (non-hydrogen) atoms. The third-order valence-electron chi connectivity index (χ3n) is 4.54. The van der Waals surface area contributed by atoms with E-state index in [1.807, 2.05) is 11.3 Å². The number of rotatable bonds is 3. The zero-order valence-electron chi connectivity index (χ0n) is 12.6. The molecule has 1 aromatic rings. The molecule has 1 N–H and O–H groups in total. The quantitative estimate of drug-likeness (QED) is 0.873. The lowest BCUT2D eigenvalue weighted by atomic mass is 9.98. The van der Waals surface area contributed by atoms with Gasteiger partial charge in [-0.05, 0) is 50.7 Å². The Morgan fingerprint density at radius 3 is 2.81 bits per heavy atom. The van der Waals surface area contributed by atoms with Crippen LogP contribution in [0, 0.1) is 0 Å². The van der Waals surface area contributed by atoms with Crippen LogP contribution < -0.4 is 5.32 Å². The molecular formula is C16H22N2O2S. The Morgan fingerprint density at radius 2 is 2.05 bits per heavy atom. The summed E-state index contributed by atoms with van der Waals surface area (Å²) in [7, 11) is 1.58. The van der Waals surface area contributed by atoms with Crippen molar-refractivity contribution in [3.05, 3.63) is 21.4 Å². The number of aryl methyl sites for hydroxylation is 2. The van der Waals surface area contributed by atoms with Crippen molar-refractivity contribution in [3.8, 4) is 0 Å². The maximum Gasteiger partial charge on any atom is 0.246 e. The molecule has 5 heteroatoms. The largest absolute Gasteiger partial charge is 0.298 e. The number of hydrogen-bond acceptors (Lipinski definition) is 4. The minimum Gasteiger partial charge on any atom is -0.298 e. The number of nitrogens with zero attached hydrogens (tertiary/aromatic N) is 1. The number of piperidine rings is 1. The highest BCUT2D eigenvalue weighted by atomic mass is 32.1. The van der Waals surface area contributed by atoms with Crippen LogP contribution in [0.2, 0.25) is 0 Å². The number of hydrogen-bond donors (Lipinski definition) is 1. The van der Waals surface area contributed by atoms with Crippen molar-refractivity contribution >= 4 is 23.2 Å². The molecule has 0 radical (unpaired) electrons. The highest BCUT2D eigenvalue weighted by molar-refractivity contribution is 7.12. The van der Waals surface area contributed by atoms with Crippen molar-refractivity contribution in [2.75, 3.05) is 7.05 Å². The molecule has 2 heterocycles. The average molecular weight is 306 g/mol. The highest BCUT2D eigenvalue weighted by Crippen LogP contribution is 2.33. The molecule has 1 aromatic heterocycles. The summed E-state index contributed by atoms with van der Waals surface area (Å²) in [6.07, 6.45) is 6.04. The van der Waals surface area contributed by atoms with Gasteiger partial charge in [-0.1, -0.05) is 0 Å². The number of fused-ring (bicyclic) bond motifs is 1. The Labute approximate surface area is 129 Å². The highest BCUT2D eigenvalue weighted by Gasteiger charge is 2.32. The first-order valence-corrected chi connectivity index (χ1v) is 8.56. The van der Waals surface area contributed by atoms with Crippen LogP contribution in [-0.2, 0) is 22.4 Å². The van der Waals surface area contributed by atoms with E-state index in [1.54, 1.807) is 7.05 Å². The fourth-order valence-corrected chi connectivity index (χ4v) is 4.45. The van der Waals surface area contributed by atoms with E-state index in [4.69, 9.17) is 0 Å². The van der Waals surface area contributed by atoms with Crippen molar-refractivity contribution < 1.29 is 9.59 Å². The Hall–Kier alpha value is -1.20. The van der Waals surface area contributed by atoms with Crippen LogP contribution in [0.25, 0.3) is 0 Å². The fraction of sp³-hybridized carbons (Fsp3) is 0.625. The van der Waals surface area contributed by atoms with Crippen molar-refractivity contribution in [2.45, 2.75) is 57.5 Å². The van der Waals surface area contributed by atoms with E-state index < -0.39 is 0 Å². The molecule has 2 amide bonds. The lowest BCUT2D eigenvalue weighted by Crippen LogP contribution is -2.51. The van der Waals surface area contributed by atoms with Crippen LogP contribution >= 0.6 is 11.3 Å². The van der Waals surface area contributed by atoms with Gasteiger partial charge >= 0.3 is 0 Å². The van der Waals surface area contributed by atoms with Gasteiger partial charge in [0.15, 0.2) is 0 Å². The number of amides is 2. The van der Waals surface area contributed by atoms with Gasteiger partial charge in [0.05, 0.1) is 6.04 Å². The van der Waals surface area contributed by atoms with Crippen LogP contribution in [0.3, 0.4) is 0 Å².